The highest BCUT2D eigenvalue weighted by Crippen LogP contribution is 2.25. The third-order valence-corrected chi connectivity index (χ3v) is 2.43. The highest BCUT2D eigenvalue weighted by molar-refractivity contribution is 5.82. The first-order valence-electron chi connectivity index (χ1n) is 6.53. The van der Waals surface area contributed by atoms with Gasteiger partial charge in [-0.3, -0.25) is 4.90 Å². The summed E-state index contributed by atoms with van der Waals surface area (Å²) in [6.07, 6.45) is -0.960. The zero-order valence-electron chi connectivity index (χ0n) is 12.6. The lowest BCUT2D eigenvalue weighted by Gasteiger charge is -2.29. The topological polar surface area (TPSA) is 76.1 Å². The molecule has 0 aliphatic carbocycles. The van der Waals surface area contributed by atoms with Gasteiger partial charge >= 0.3 is 12.1 Å². The molecule has 0 spiro atoms. The van der Waals surface area contributed by atoms with Crippen LogP contribution in [0.3, 0.4) is 0 Å². The van der Waals surface area contributed by atoms with E-state index < -0.39 is 29.9 Å². The summed E-state index contributed by atoms with van der Waals surface area (Å²) in [5.74, 6) is -0.535. The molecule has 0 radical (unpaired) electrons. The fourth-order valence-electron chi connectivity index (χ4n) is 1.72. The number of carbonyl (C=O) groups is 2. The van der Waals surface area contributed by atoms with E-state index in [-0.39, 0.29) is 0 Å². The quantitative estimate of drug-likeness (QED) is 0.740. The lowest BCUT2D eigenvalue weighted by molar-refractivity contribution is -0.147. The first-order chi connectivity index (χ1) is 8.76. The van der Waals surface area contributed by atoms with E-state index in [1.165, 1.54) is 7.11 Å². The minimum absolute atomic E-state index is 0.346. The Bertz CT molecular complexity index is 311. The maximum Gasteiger partial charge on any atom is 0.413 e. The Hall–Kier alpha value is -1.30. The van der Waals surface area contributed by atoms with Gasteiger partial charge in [0.15, 0.2) is 0 Å². The smallest absolute Gasteiger partial charge is 0.413 e. The molecule has 2 atom stereocenters. The second-order valence-corrected chi connectivity index (χ2v) is 4.98. The maximum absolute atomic E-state index is 11.8. The van der Waals surface area contributed by atoms with E-state index in [0.717, 1.165) is 4.90 Å². The van der Waals surface area contributed by atoms with E-state index >= 15 is 0 Å². The first kappa shape index (κ1) is 17.7. The Morgan fingerprint density at radius 3 is 2.16 bits per heavy atom. The highest BCUT2D eigenvalue weighted by atomic mass is 16.6. The van der Waals surface area contributed by atoms with Crippen molar-refractivity contribution in [1.29, 1.82) is 0 Å². The van der Waals surface area contributed by atoms with Crippen LogP contribution in [-0.2, 0) is 14.3 Å². The number of hydrogen-bond donors (Lipinski definition) is 1. The number of methoxy groups -OCH3 is 1. The Morgan fingerprint density at radius 2 is 1.74 bits per heavy atom. The Labute approximate surface area is 114 Å². The molecule has 0 bridgehead atoms. The lowest BCUT2D eigenvalue weighted by Crippen LogP contribution is -2.47. The van der Waals surface area contributed by atoms with Crippen molar-refractivity contribution in [2.24, 2.45) is 0 Å². The summed E-state index contributed by atoms with van der Waals surface area (Å²) in [5, 5.41) is 9.69. The molecular weight excluding hydrogens is 250 g/mol. The van der Waals surface area contributed by atoms with Crippen LogP contribution in [0.5, 0.6) is 0 Å². The molecule has 19 heavy (non-hydrogen) atoms. The van der Waals surface area contributed by atoms with Crippen LogP contribution in [0.25, 0.3) is 0 Å². The Morgan fingerprint density at radius 1 is 1.21 bits per heavy atom. The van der Waals surface area contributed by atoms with E-state index in [1.54, 1.807) is 20.8 Å². The van der Waals surface area contributed by atoms with Crippen molar-refractivity contribution in [3.05, 3.63) is 0 Å². The average Bonchev–Trinajstić information content (AvgIpc) is 2.70. The second-order valence-electron chi connectivity index (χ2n) is 4.98. The van der Waals surface area contributed by atoms with Gasteiger partial charge in [-0.2, -0.15) is 0 Å². The largest absolute Gasteiger partial charge is 0.467 e. The lowest BCUT2D eigenvalue weighted by atomic mass is 10.2. The third-order valence-electron chi connectivity index (χ3n) is 2.43. The fourth-order valence-corrected chi connectivity index (χ4v) is 1.72. The van der Waals surface area contributed by atoms with Crippen LogP contribution in [0.1, 0.15) is 47.5 Å². The molecule has 0 aromatic rings. The van der Waals surface area contributed by atoms with Gasteiger partial charge in [0.05, 0.1) is 7.11 Å². The Kier molecular flexibility index (Phi) is 6.83. The van der Waals surface area contributed by atoms with E-state index in [4.69, 9.17) is 4.74 Å². The number of carbonyl (C=O) groups excluding carboxylic acids is 2. The van der Waals surface area contributed by atoms with Crippen LogP contribution in [0.15, 0.2) is 0 Å². The summed E-state index contributed by atoms with van der Waals surface area (Å²) in [4.78, 5) is 24.3. The summed E-state index contributed by atoms with van der Waals surface area (Å²) in [7, 11) is 1.25. The minimum Gasteiger partial charge on any atom is -0.467 e. The molecule has 1 amide bonds. The van der Waals surface area contributed by atoms with Gasteiger partial charge in [-0.05, 0) is 33.6 Å². The molecule has 1 saturated heterocycles. The van der Waals surface area contributed by atoms with Gasteiger partial charge in [0.2, 0.25) is 0 Å². The molecule has 0 aromatic heterocycles. The van der Waals surface area contributed by atoms with Gasteiger partial charge < -0.3 is 14.6 Å². The summed E-state index contributed by atoms with van der Waals surface area (Å²) >= 11 is 0. The van der Waals surface area contributed by atoms with Crippen LogP contribution >= 0.6 is 0 Å². The van der Waals surface area contributed by atoms with Crippen LogP contribution in [0.4, 0.5) is 4.79 Å². The molecule has 0 saturated carbocycles. The predicted molar refractivity (Wildman–Crippen MR) is 70.5 cm³/mol. The zero-order chi connectivity index (χ0) is 15.2. The van der Waals surface area contributed by atoms with E-state index in [0.29, 0.717) is 12.8 Å². The van der Waals surface area contributed by atoms with Crippen molar-refractivity contribution in [2.75, 3.05) is 7.11 Å². The van der Waals surface area contributed by atoms with E-state index in [1.807, 2.05) is 13.8 Å². The van der Waals surface area contributed by atoms with Crippen LogP contribution in [0.2, 0.25) is 0 Å². The number of likely N-dealkylation sites (tertiary alicyclic amines) is 1. The monoisotopic (exact) mass is 275 g/mol. The average molecular weight is 275 g/mol. The number of rotatable bonds is 1. The number of aliphatic hydroxyl groups excluding tert-OH is 1. The van der Waals surface area contributed by atoms with Crippen molar-refractivity contribution < 1.29 is 24.2 Å². The van der Waals surface area contributed by atoms with Crippen molar-refractivity contribution >= 4 is 12.1 Å². The van der Waals surface area contributed by atoms with Gasteiger partial charge in [0.1, 0.15) is 17.9 Å². The van der Waals surface area contributed by atoms with Crippen molar-refractivity contribution in [2.45, 2.75) is 65.3 Å². The summed E-state index contributed by atoms with van der Waals surface area (Å²) in [5.41, 5.74) is -0.667. The van der Waals surface area contributed by atoms with Crippen molar-refractivity contribution in [1.82, 2.24) is 4.90 Å². The summed E-state index contributed by atoms with van der Waals surface area (Å²) in [6.45, 7) is 9.17. The van der Waals surface area contributed by atoms with Crippen LogP contribution in [-0.4, -0.2) is 47.0 Å². The molecule has 6 nitrogen and oxygen atoms in total. The Balaban J connectivity index is 0.00000154. The molecule has 1 aliphatic rings. The molecule has 6 heteroatoms. The molecule has 1 N–H and O–H groups in total. The van der Waals surface area contributed by atoms with Gasteiger partial charge in [0, 0.05) is 0 Å². The van der Waals surface area contributed by atoms with Gasteiger partial charge in [-0.15, -0.1) is 0 Å². The molecule has 1 unspecified atom stereocenters. The van der Waals surface area contributed by atoms with Crippen molar-refractivity contribution in [3.63, 3.8) is 0 Å². The molecular formula is C13H25NO5. The normalized spacial score (nSPS) is 22.4. The molecule has 1 rings (SSSR count). The first-order valence-corrected chi connectivity index (χ1v) is 6.53. The van der Waals surface area contributed by atoms with Gasteiger partial charge in [0.25, 0.3) is 0 Å². The molecule has 1 heterocycles. The maximum atomic E-state index is 11.8. The predicted octanol–water partition coefficient (Wildman–Crippen LogP) is 1.90. The number of hydrogen-bond acceptors (Lipinski definition) is 5. The summed E-state index contributed by atoms with van der Waals surface area (Å²) < 4.78 is 9.73. The summed E-state index contributed by atoms with van der Waals surface area (Å²) in [6, 6.07) is -0.759. The van der Waals surface area contributed by atoms with Gasteiger partial charge in [-0.1, -0.05) is 13.8 Å². The van der Waals surface area contributed by atoms with E-state index in [2.05, 4.69) is 4.74 Å². The fraction of sp³-hybridized carbons (Fsp3) is 0.846. The number of nitrogens with zero attached hydrogens (tertiary/aromatic N) is 1. The minimum atomic E-state index is -0.992. The number of esters is 1. The number of amides is 1. The standard InChI is InChI=1S/C11H19NO5.C2H6/c1-11(2,3)17-10(15)12-7(9(14)16-4)5-6-8(12)13;1-2/h7-8,13H,5-6H2,1-4H3;1-2H3/t7-,8?;/m0./s1. The molecule has 0 aromatic carbocycles. The van der Waals surface area contributed by atoms with Crippen LogP contribution in [0, 0.1) is 0 Å². The van der Waals surface area contributed by atoms with Crippen LogP contribution < -0.4 is 0 Å². The van der Waals surface area contributed by atoms with Gasteiger partial charge in [-0.25, -0.2) is 9.59 Å². The molecule has 1 aliphatic heterocycles. The number of aliphatic hydroxyl groups is 1. The van der Waals surface area contributed by atoms with Crippen molar-refractivity contribution in [3.8, 4) is 0 Å². The van der Waals surface area contributed by atoms with E-state index in [9.17, 15) is 14.7 Å². The number of ether oxygens (including phenoxy) is 2. The SMILES string of the molecule is CC.COC(=O)[C@@H]1CCC(O)N1C(=O)OC(C)(C)C. The zero-order valence-corrected chi connectivity index (χ0v) is 12.6. The third kappa shape index (κ3) is 5.06. The highest BCUT2D eigenvalue weighted by Gasteiger charge is 2.42. The molecule has 1 fully saturated rings. The second kappa shape index (κ2) is 7.33. The molecule has 112 valence electrons.